The molecule has 2 heterocycles. The molecule has 0 amide bonds. The Balaban J connectivity index is 2.03. The maximum atomic E-state index is 5.67. The Morgan fingerprint density at radius 2 is 2.07 bits per heavy atom. The number of hydrogen-bond acceptors (Lipinski definition) is 3. The Labute approximate surface area is 95.5 Å². The zero-order chi connectivity index (χ0) is 10.7. The number of alkyl halides is 1. The van der Waals surface area contributed by atoms with E-state index < -0.39 is 0 Å². The average Bonchev–Trinajstić information content (AvgIpc) is 2.30. The molecule has 1 aromatic heterocycles. The summed E-state index contributed by atoms with van der Waals surface area (Å²) in [6.07, 6.45) is 2.50. The van der Waals surface area contributed by atoms with Crippen molar-refractivity contribution in [2.75, 3.05) is 18.0 Å². The van der Waals surface area contributed by atoms with Gasteiger partial charge >= 0.3 is 0 Å². The molecule has 0 aromatic carbocycles. The molecule has 4 heteroatoms. The molecule has 1 aliphatic heterocycles. The second kappa shape index (κ2) is 4.79. The molecule has 1 fully saturated rings. The number of nitrogens with zero attached hydrogens (tertiary/aromatic N) is 3. The molecule has 0 bridgehead atoms. The van der Waals surface area contributed by atoms with Crippen molar-refractivity contribution in [2.24, 2.45) is 5.92 Å². The third-order valence-corrected chi connectivity index (χ3v) is 3.22. The molecule has 82 valence electrons. The normalized spacial score (nSPS) is 18.1. The summed E-state index contributed by atoms with van der Waals surface area (Å²) in [4.78, 5) is 2.30. The average molecular weight is 226 g/mol. The van der Waals surface area contributed by atoms with Crippen molar-refractivity contribution in [1.29, 1.82) is 0 Å². The molecule has 1 aromatic rings. The summed E-state index contributed by atoms with van der Waals surface area (Å²) in [5.41, 5.74) is 0.839. The lowest BCUT2D eigenvalue weighted by Crippen LogP contribution is -2.33. The van der Waals surface area contributed by atoms with Crippen LogP contribution in [0.2, 0.25) is 0 Å². The van der Waals surface area contributed by atoms with Gasteiger partial charge in [0, 0.05) is 13.1 Å². The minimum Gasteiger partial charge on any atom is -0.355 e. The minimum atomic E-state index is 0.435. The number of hydrogen-bond donors (Lipinski definition) is 0. The summed E-state index contributed by atoms with van der Waals surface area (Å²) in [5.74, 6) is 2.26. The molecule has 0 N–H and O–H groups in total. The second-order valence-corrected chi connectivity index (χ2v) is 4.45. The maximum absolute atomic E-state index is 5.67. The van der Waals surface area contributed by atoms with E-state index in [0.29, 0.717) is 5.88 Å². The lowest BCUT2D eigenvalue weighted by molar-refractivity contribution is 0.436. The molecule has 0 radical (unpaired) electrons. The monoisotopic (exact) mass is 225 g/mol. The number of halogens is 1. The molecule has 1 saturated heterocycles. The molecule has 3 nitrogen and oxygen atoms in total. The number of piperidine rings is 1. The highest BCUT2D eigenvalue weighted by Crippen LogP contribution is 2.20. The van der Waals surface area contributed by atoms with E-state index in [0.717, 1.165) is 30.5 Å². The van der Waals surface area contributed by atoms with Gasteiger partial charge < -0.3 is 4.90 Å². The zero-order valence-electron chi connectivity index (χ0n) is 8.99. The standard InChI is InChI=1S/C11H16ClN3/c1-9-4-6-15(7-5-9)11-3-2-10(8-12)13-14-11/h2-3,9H,4-8H2,1H3. The first-order chi connectivity index (χ1) is 7.29. The van der Waals surface area contributed by atoms with Gasteiger partial charge in [0.05, 0.1) is 11.6 Å². The summed E-state index contributed by atoms with van der Waals surface area (Å²) < 4.78 is 0. The van der Waals surface area contributed by atoms with Crippen LogP contribution in [0, 0.1) is 5.92 Å². The van der Waals surface area contributed by atoms with Gasteiger partial charge in [0.2, 0.25) is 0 Å². The van der Waals surface area contributed by atoms with Crippen LogP contribution >= 0.6 is 11.6 Å². The van der Waals surface area contributed by atoms with Gasteiger partial charge in [-0.05, 0) is 30.9 Å². The van der Waals surface area contributed by atoms with Gasteiger partial charge in [-0.1, -0.05) is 6.92 Å². The van der Waals surface area contributed by atoms with E-state index >= 15 is 0 Å². The molecule has 0 atom stereocenters. The van der Waals surface area contributed by atoms with Crippen LogP contribution in [0.1, 0.15) is 25.5 Å². The summed E-state index contributed by atoms with van der Waals surface area (Å²) in [5, 5.41) is 8.26. The molecule has 0 unspecified atom stereocenters. The van der Waals surface area contributed by atoms with Crippen molar-refractivity contribution >= 4 is 17.4 Å². The highest BCUT2D eigenvalue weighted by Gasteiger charge is 2.16. The summed E-state index contributed by atoms with van der Waals surface area (Å²) in [6.45, 7) is 4.49. The number of aromatic nitrogens is 2. The fourth-order valence-corrected chi connectivity index (χ4v) is 1.97. The zero-order valence-corrected chi connectivity index (χ0v) is 9.74. The van der Waals surface area contributed by atoms with Crippen molar-refractivity contribution in [3.63, 3.8) is 0 Å². The quantitative estimate of drug-likeness (QED) is 0.724. The van der Waals surface area contributed by atoms with Crippen LogP contribution in [0.15, 0.2) is 12.1 Å². The smallest absolute Gasteiger partial charge is 0.151 e. The minimum absolute atomic E-state index is 0.435. The Bertz CT molecular complexity index is 304. The van der Waals surface area contributed by atoms with Crippen molar-refractivity contribution in [1.82, 2.24) is 10.2 Å². The van der Waals surface area contributed by atoms with Crippen LogP contribution in [-0.4, -0.2) is 23.3 Å². The number of anilines is 1. The topological polar surface area (TPSA) is 29.0 Å². The van der Waals surface area contributed by atoms with Crippen molar-refractivity contribution in [2.45, 2.75) is 25.6 Å². The molecule has 2 rings (SSSR count). The molecule has 0 spiro atoms. The summed E-state index contributed by atoms with van der Waals surface area (Å²) in [6, 6.07) is 3.97. The van der Waals surface area contributed by atoms with Crippen LogP contribution in [0.3, 0.4) is 0 Å². The van der Waals surface area contributed by atoms with Crippen LogP contribution in [-0.2, 0) is 5.88 Å². The van der Waals surface area contributed by atoms with E-state index in [4.69, 9.17) is 11.6 Å². The Kier molecular flexibility index (Phi) is 3.41. The van der Waals surface area contributed by atoms with Gasteiger partial charge in [-0.2, -0.15) is 5.10 Å². The molecular formula is C11H16ClN3. The Morgan fingerprint density at radius 3 is 2.60 bits per heavy atom. The van der Waals surface area contributed by atoms with Crippen molar-refractivity contribution in [3.05, 3.63) is 17.8 Å². The predicted octanol–water partition coefficient (Wildman–Crippen LogP) is 2.45. The third-order valence-electron chi connectivity index (χ3n) is 2.95. The van der Waals surface area contributed by atoms with Crippen molar-refractivity contribution in [3.8, 4) is 0 Å². The Hall–Kier alpha value is -0.830. The predicted molar refractivity (Wildman–Crippen MR) is 62.2 cm³/mol. The first-order valence-corrected chi connectivity index (χ1v) is 5.96. The Morgan fingerprint density at radius 1 is 1.33 bits per heavy atom. The second-order valence-electron chi connectivity index (χ2n) is 4.19. The van der Waals surface area contributed by atoms with E-state index in [1.54, 1.807) is 0 Å². The van der Waals surface area contributed by atoms with Crippen LogP contribution in [0.4, 0.5) is 5.82 Å². The molecular weight excluding hydrogens is 210 g/mol. The van der Waals surface area contributed by atoms with Crippen LogP contribution in [0.25, 0.3) is 0 Å². The first kappa shape index (κ1) is 10.7. The van der Waals surface area contributed by atoms with E-state index in [2.05, 4.69) is 22.0 Å². The van der Waals surface area contributed by atoms with E-state index in [9.17, 15) is 0 Å². The molecule has 0 aliphatic carbocycles. The maximum Gasteiger partial charge on any atom is 0.151 e. The van der Waals surface area contributed by atoms with Crippen molar-refractivity contribution < 1.29 is 0 Å². The van der Waals surface area contributed by atoms with Crippen LogP contribution in [0.5, 0.6) is 0 Å². The van der Waals surface area contributed by atoms with Gasteiger partial charge in [0.25, 0.3) is 0 Å². The van der Waals surface area contributed by atoms with Crippen LogP contribution < -0.4 is 4.90 Å². The molecule has 15 heavy (non-hydrogen) atoms. The SMILES string of the molecule is CC1CCN(c2ccc(CCl)nn2)CC1. The fraction of sp³-hybridized carbons (Fsp3) is 0.636. The lowest BCUT2D eigenvalue weighted by Gasteiger charge is -2.30. The van der Waals surface area contributed by atoms with Gasteiger partial charge in [0.1, 0.15) is 0 Å². The summed E-state index contributed by atoms with van der Waals surface area (Å²) in [7, 11) is 0. The lowest BCUT2D eigenvalue weighted by atomic mass is 9.99. The van der Waals surface area contributed by atoms with Gasteiger partial charge in [-0.3, -0.25) is 0 Å². The van der Waals surface area contributed by atoms with Gasteiger partial charge in [-0.15, -0.1) is 16.7 Å². The first-order valence-electron chi connectivity index (χ1n) is 5.43. The van der Waals surface area contributed by atoms with E-state index in [1.165, 1.54) is 12.8 Å². The molecule has 0 saturated carbocycles. The van der Waals surface area contributed by atoms with E-state index in [1.807, 2.05) is 12.1 Å². The number of rotatable bonds is 2. The third kappa shape index (κ3) is 2.59. The van der Waals surface area contributed by atoms with Gasteiger partial charge in [0.15, 0.2) is 5.82 Å². The highest BCUT2D eigenvalue weighted by atomic mass is 35.5. The highest BCUT2D eigenvalue weighted by molar-refractivity contribution is 6.16. The summed E-state index contributed by atoms with van der Waals surface area (Å²) >= 11 is 5.67. The van der Waals surface area contributed by atoms with Gasteiger partial charge in [-0.25, -0.2) is 0 Å². The van der Waals surface area contributed by atoms with E-state index in [-0.39, 0.29) is 0 Å². The fourth-order valence-electron chi connectivity index (χ4n) is 1.83. The molecule has 1 aliphatic rings. The largest absolute Gasteiger partial charge is 0.355 e.